The number of aromatic nitrogens is 3. The minimum Gasteiger partial charge on any atom is -0.347 e. The second-order valence-electron chi connectivity index (χ2n) is 5.57. The number of hydrogen-bond acceptors (Lipinski definition) is 4. The largest absolute Gasteiger partial charge is 0.347 e. The second-order valence-corrected chi connectivity index (χ2v) is 5.57. The highest BCUT2D eigenvalue weighted by Gasteiger charge is 2.18. The molecule has 1 amide bonds. The Morgan fingerprint density at radius 1 is 1.63 bits per heavy atom. The summed E-state index contributed by atoms with van der Waals surface area (Å²) in [5, 5.41) is 14.2. The van der Waals surface area contributed by atoms with Gasteiger partial charge in [-0.2, -0.15) is 0 Å². The Morgan fingerprint density at radius 2 is 2.47 bits per heavy atom. The highest BCUT2D eigenvalue weighted by Crippen LogP contribution is 2.04. The van der Waals surface area contributed by atoms with Gasteiger partial charge < -0.3 is 10.6 Å². The summed E-state index contributed by atoms with van der Waals surface area (Å²) in [6.07, 6.45) is 4.90. The number of hydrogen-bond donors (Lipinski definition) is 2. The SMILES string of the molecule is CC(C)CCn1cc(C(=O)NC2CCCNC2)nn1. The molecular weight excluding hydrogens is 242 g/mol. The van der Waals surface area contributed by atoms with Crippen LogP contribution >= 0.6 is 0 Å². The van der Waals surface area contributed by atoms with Crippen LogP contribution in [0.5, 0.6) is 0 Å². The number of nitrogens with zero attached hydrogens (tertiary/aromatic N) is 3. The van der Waals surface area contributed by atoms with Crippen molar-refractivity contribution >= 4 is 5.91 Å². The quantitative estimate of drug-likeness (QED) is 0.826. The summed E-state index contributed by atoms with van der Waals surface area (Å²) in [5.74, 6) is 0.499. The van der Waals surface area contributed by atoms with Crippen molar-refractivity contribution < 1.29 is 4.79 Å². The normalized spacial score (nSPS) is 19.6. The van der Waals surface area contributed by atoms with E-state index < -0.39 is 0 Å². The minimum absolute atomic E-state index is 0.121. The predicted octanol–water partition coefficient (Wildman–Crippen LogP) is 0.806. The molecule has 1 aliphatic heterocycles. The fourth-order valence-electron chi connectivity index (χ4n) is 2.14. The predicted molar refractivity (Wildman–Crippen MR) is 72.8 cm³/mol. The average Bonchev–Trinajstić information content (AvgIpc) is 2.86. The number of nitrogens with one attached hydrogen (secondary N) is 2. The van der Waals surface area contributed by atoms with Gasteiger partial charge in [0.15, 0.2) is 5.69 Å². The second kappa shape index (κ2) is 6.65. The van der Waals surface area contributed by atoms with Crippen LogP contribution < -0.4 is 10.6 Å². The number of carbonyl (C=O) groups is 1. The third-order valence-electron chi connectivity index (χ3n) is 3.34. The van der Waals surface area contributed by atoms with E-state index in [2.05, 4.69) is 34.8 Å². The molecule has 1 atom stereocenters. The zero-order chi connectivity index (χ0) is 13.7. The number of piperidine rings is 1. The van der Waals surface area contributed by atoms with Crippen molar-refractivity contribution in [2.24, 2.45) is 5.92 Å². The van der Waals surface area contributed by atoms with Crippen molar-refractivity contribution in [1.29, 1.82) is 0 Å². The van der Waals surface area contributed by atoms with E-state index >= 15 is 0 Å². The van der Waals surface area contributed by atoms with Crippen LogP contribution in [-0.2, 0) is 6.54 Å². The molecule has 0 bridgehead atoms. The third-order valence-corrected chi connectivity index (χ3v) is 3.34. The van der Waals surface area contributed by atoms with Gasteiger partial charge in [-0.15, -0.1) is 5.10 Å². The summed E-state index contributed by atoms with van der Waals surface area (Å²) in [6.45, 7) is 7.02. The molecule has 0 saturated carbocycles. The zero-order valence-corrected chi connectivity index (χ0v) is 11.7. The molecular formula is C13H23N5O. The summed E-state index contributed by atoms with van der Waals surface area (Å²) in [4.78, 5) is 12.0. The van der Waals surface area contributed by atoms with E-state index in [0.717, 1.165) is 38.9 Å². The lowest BCUT2D eigenvalue weighted by molar-refractivity contribution is 0.0925. The molecule has 1 fully saturated rings. The van der Waals surface area contributed by atoms with E-state index in [-0.39, 0.29) is 11.9 Å². The number of aryl methyl sites for hydroxylation is 1. The molecule has 1 aromatic heterocycles. The van der Waals surface area contributed by atoms with Crippen molar-refractivity contribution in [3.63, 3.8) is 0 Å². The van der Waals surface area contributed by atoms with Crippen LogP contribution in [0.1, 0.15) is 43.6 Å². The molecule has 1 aromatic rings. The molecule has 106 valence electrons. The maximum atomic E-state index is 12.0. The molecule has 1 saturated heterocycles. The van der Waals surface area contributed by atoms with Crippen molar-refractivity contribution in [2.45, 2.75) is 45.7 Å². The first-order valence-corrected chi connectivity index (χ1v) is 7.07. The molecule has 0 spiro atoms. The molecule has 2 N–H and O–H groups in total. The maximum absolute atomic E-state index is 12.0. The van der Waals surface area contributed by atoms with Gasteiger partial charge in [-0.25, -0.2) is 0 Å². The van der Waals surface area contributed by atoms with Crippen LogP contribution in [0, 0.1) is 5.92 Å². The van der Waals surface area contributed by atoms with Gasteiger partial charge in [0, 0.05) is 19.1 Å². The van der Waals surface area contributed by atoms with E-state index in [1.54, 1.807) is 10.9 Å². The molecule has 2 heterocycles. The van der Waals surface area contributed by atoms with Gasteiger partial charge in [0.1, 0.15) is 0 Å². The summed E-state index contributed by atoms with van der Waals surface area (Å²) in [6, 6.07) is 0.210. The molecule has 6 heteroatoms. The van der Waals surface area contributed by atoms with Crippen molar-refractivity contribution in [1.82, 2.24) is 25.6 Å². The van der Waals surface area contributed by atoms with Gasteiger partial charge in [-0.3, -0.25) is 9.48 Å². The fourth-order valence-corrected chi connectivity index (χ4v) is 2.14. The topological polar surface area (TPSA) is 71.8 Å². The monoisotopic (exact) mass is 265 g/mol. The van der Waals surface area contributed by atoms with Crippen molar-refractivity contribution in [3.05, 3.63) is 11.9 Å². The Kier molecular flexibility index (Phi) is 4.90. The molecule has 2 rings (SSSR count). The first kappa shape index (κ1) is 14.0. The van der Waals surface area contributed by atoms with E-state index in [1.165, 1.54) is 0 Å². The summed E-state index contributed by atoms with van der Waals surface area (Å²) < 4.78 is 1.74. The number of carbonyl (C=O) groups excluding carboxylic acids is 1. The molecule has 6 nitrogen and oxygen atoms in total. The van der Waals surface area contributed by atoms with Gasteiger partial charge >= 0.3 is 0 Å². The third kappa shape index (κ3) is 4.31. The van der Waals surface area contributed by atoms with Crippen LogP contribution in [0.15, 0.2) is 6.20 Å². The molecule has 0 radical (unpaired) electrons. The van der Waals surface area contributed by atoms with Gasteiger partial charge in [0.25, 0.3) is 5.91 Å². The zero-order valence-electron chi connectivity index (χ0n) is 11.7. The van der Waals surface area contributed by atoms with Crippen LogP contribution in [-0.4, -0.2) is 40.0 Å². The Hall–Kier alpha value is -1.43. The van der Waals surface area contributed by atoms with Gasteiger partial charge in [-0.1, -0.05) is 19.1 Å². The van der Waals surface area contributed by atoms with E-state index in [4.69, 9.17) is 0 Å². The summed E-state index contributed by atoms with van der Waals surface area (Å²) in [7, 11) is 0. The Bertz CT molecular complexity index is 409. The fraction of sp³-hybridized carbons (Fsp3) is 0.769. The van der Waals surface area contributed by atoms with Crippen molar-refractivity contribution in [2.75, 3.05) is 13.1 Å². The standard InChI is InChI=1S/C13H23N5O/c1-10(2)5-7-18-9-12(16-17-18)13(19)15-11-4-3-6-14-8-11/h9-11,14H,3-8H2,1-2H3,(H,15,19). The van der Waals surface area contributed by atoms with E-state index in [1.807, 2.05) is 0 Å². The minimum atomic E-state index is -0.121. The lowest BCUT2D eigenvalue weighted by Gasteiger charge is -2.23. The van der Waals surface area contributed by atoms with Crippen LogP contribution in [0.2, 0.25) is 0 Å². The van der Waals surface area contributed by atoms with Crippen LogP contribution in [0.4, 0.5) is 0 Å². The Morgan fingerprint density at radius 3 is 3.16 bits per heavy atom. The lowest BCUT2D eigenvalue weighted by Crippen LogP contribution is -2.45. The highest BCUT2D eigenvalue weighted by molar-refractivity contribution is 5.92. The van der Waals surface area contributed by atoms with Crippen LogP contribution in [0.3, 0.4) is 0 Å². The molecule has 0 aliphatic carbocycles. The van der Waals surface area contributed by atoms with Gasteiger partial charge in [0.05, 0.1) is 6.20 Å². The van der Waals surface area contributed by atoms with E-state index in [9.17, 15) is 4.79 Å². The molecule has 19 heavy (non-hydrogen) atoms. The highest BCUT2D eigenvalue weighted by atomic mass is 16.2. The Balaban J connectivity index is 1.84. The first-order valence-electron chi connectivity index (χ1n) is 7.07. The molecule has 1 aliphatic rings. The van der Waals surface area contributed by atoms with Gasteiger partial charge in [0.2, 0.25) is 0 Å². The first-order chi connectivity index (χ1) is 9.15. The molecule has 1 unspecified atom stereocenters. The van der Waals surface area contributed by atoms with Crippen molar-refractivity contribution in [3.8, 4) is 0 Å². The van der Waals surface area contributed by atoms with Gasteiger partial charge in [-0.05, 0) is 31.7 Å². The molecule has 0 aromatic carbocycles. The Labute approximate surface area is 113 Å². The summed E-state index contributed by atoms with van der Waals surface area (Å²) in [5.41, 5.74) is 0.411. The smallest absolute Gasteiger partial charge is 0.273 e. The number of rotatable bonds is 5. The maximum Gasteiger partial charge on any atom is 0.273 e. The average molecular weight is 265 g/mol. The summed E-state index contributed by atoms with van der Waals surface area (Å²) >= 11 is 0. The number of amides is 1. The van der Waals surface area contributed by atoms with Crippen LogP contribution in [0.25, 0.3) is 0 Å². The van der Waals surface area contributed by atoms with E-state index in [0.29, 0.717) is 11.6 Å². The lowest BCUT2D eigenvalue weighted by atomic mass is 10.1.